The van der Waals surface area contributed by atoms with Gasteiger partial charge in [-0.1, -0.05) is 6.07 Å². The summed E-state index contributed by atoms with van der Waals surface area (Å²) in [5.41, 5.74) is 1.00. The Hall–Kier alpha value is -1.62. The third-order valence-corrected chi connectivity index (χ3v) is 2.90. The molecule has 18 heavy (non-hydrogen) atoms. The molecule has 0 aliphatic heterocycles. The third kappa shape index (κ3) is 3.70. The zero-order chi connectivity index (χ0) is 13.0. The van der Waals surface area contributed by atoms with Crippen LogP contribution in [-0.4, -0.2) is 24.1 Å². The van der Waals surface area contributed by atoms with E-state index in [1.807, 2.05) is 6.92 Å². The molecule has 1 aromatic carbocycles. The van der Waals surface area contributed by atoms with Crippen LogP contribution < -0.4 is 10.1 Å². The number of nitrogens with one attached hydrogen (secondary N) is 1. The molecule has 0 saturated heterocycles. The quantitative estimate of drug-likeness (QED) is 0.458. The molecule has 0 bridgehead atoms. The van der Waals surface area contributed by atoms with Crippen molar-refractivity contribution in [3.8, 4) is 5.75 Å². The van der Waals surface area contributed by atoms with Gasteiger partial charge in [-0.3, -0.25) is 10.1 Å². The zero-order valence-electron chi connectivity index (χ0n) is 10.5. The van der Waals surface area contributed by atoms with Crippen LogP contribution in [0.5, 0.6) is 5.75 Å². The van der Waals surface area contributed by atoms with Gasteiger partial charge in [-0.2, -0.15) is 0 Å². The average Bonchev–Trinajstić information content (AvgIpc) is 3.12. The molecule has 0 atom stereocenters. The molecule has 1 aliphatic carbocycles. The predicted molar refractivity (Wildman–Crippen MR) is 69.0 cm³/mol. The van der Waals surface area contributed by atoms with Gasteiger partial charge in [0.15, 0.2) is 5.75 Å². The summed E-state index contributed by atoms with van der Waals surface area (Å²) in [6.45, 7) is 3.31. The van der Waals surface area contributed by atoms with Crippen LogP contribution in [0.1, 0.15) is 24.8 Å². The lowest BCUT2D eigenvalue weighted by atomic mass is 10.2. The first kappa shape index (κ1) is 12.8. The molecule has 1 fully saturated rings. The average molecular weight is 250 g/mol. The highest BCUT2D eigenvalue weighted by atomic mass is 16.6. The fourth-order valence-electron chi connectivity index (χ4n) is 1.74. The van der Waals surface area contributed by atoms with Crippen molar-refractivity contribution in [3.63, 3.8) is 0 Å². The van der Waals surface area contributed by atoms with E-state index in [2.05, 4.69) is 5.32 Å². The monoisotopic (exact) mass is 250 g/mol. The molecule has 5 heteroatoms. The summed E-state index contributed by atoms with van der Waals surface area (Å²) < 4.78 is 5.50. The molecule has 0 aromatic heterocycles. The van der Waals surface area contributed by atoms with E-state index in [0.29, 0.717) is 18.4 Å². The molecule has 0 amide bonds. The predicted octanol–water partition coefficient (Wildman–Crippen LogP) is 2.42. The van der Waals surface area contributed by atoms with Crippen LogP contribution in [0.4, 0.5) is 5.69 Å². The molecule has 2 rings (SSSR count). The molecule has 0 radical (unpaired) electrons. The van der Waals surface area contributed by atoms with Gasteiger partial charge in [-0.05, 0) is 44.4 Å². The van der Waals surface area contributed by atoms with Gasteiger partial charge in [0, 0.05) is 12.1 Å². The number of nitro benzene ring substituents is 1. The van der Waals surface area contributed by atoms with Crippen LogP contribution in [0.2, 0.25) is 0 Å². The van der Waals surface area contributed by atoms with E-state index in [9.17, 15) is 10.1 Å². The topological polar surface area (TPSA) is 64.4 Å². The summed E-state index contributed by atoms with van der Waals surface area (Å²) in [5.74, 6) is 0.367. The molecule has 1 saturated carbocycles. The highest BCUT2D eigenvalue weighted by molar-refractivity contribution is 5.48. The Labute approximate surface area is 106 Å². The van der Waals surface area contributed by atoms with Gasteiger partial charge in [-0.15, -0.1) is 0 Å². The minimum atomic E-state index is -0.406. The summed E-state index contributed by atoms with van der Waals surface area (Å²) in [6.07, 6.45) is 3.40. The van der Waals surface area contributed by atoms with Gasteiger partial charge in [0.25, 0.3) is 0 Å². The van der Waals surface area contributed by atoms with Crippen molar-refractivity contribution >= 4 is 5.69 Å². The number of ether oxygens (including phenoxy) is 1. The second-order valence-electron chi connectivity index (χ2n) is 4.66. The number of nitro groups is 1. The van der Waals surface area contributed by atoms with Crippen molar-refractivity contribution in [2.45, 2.75) is 32.2 Å². The summed E-state index contributed by atoms with van der Waals surface area (Å²) in [7, 11) is 0. The first-order valence-corrected chi connectivity index (χ1v) is 6.28. The van der Waals surface area contributed by atoms with Crippen molar-refractivity contribution in [2.75, 3.05) is 13.2 Å². The van der Waals surface area contributed by atoms with E-state index in [4.69, 9.17) is 4.74 Å². The minimum Gasteiger partial charge on any atom is -0.487 e. The Morgan fingerprint density at radius 1 is 1.50 bits per heavy atom. The molecule has 0 spiro atoms. The normalized spacial score (nSPS) is 14.5. The van der Waals surface area contributed by atoms with Crippen LogP contribution in [0.3, 0.4) is 0 Å². The summed E-state index contributed by atoms with van der Waals surface area (Å²) in [6, 6.07) is 5.62. The second kappa shape index (κ2) is 5.82. The SMILES string of the molecule is Cc1ccc([N+](=O)[O-])c(OCCCNC2CC2)c1. The first-order chi connectivity index (χ1) is 8.66. The summed E-state index contributed by atoms with van der Waals surface area (Å²) in [4.78, 5) is 10.4. The summed E-state index contributed by atoms with van der Waals surface area (Å²) >= 11 is 0. The Balaban J connectivity index is 1.82. The van der Waals surface area contributed by atoms with E-state index in [1.54, 1.807) is 12.1 Å². The van der Waals surface area contributed by atoms with Crippen LogP contribution in [0.15, 0.2) is 18.2 Å². The first-order valence-electron chi connectivity index (χ1n) is 6.28. The number of hydrogen-bond donors (Lipinski definition) is 1. The van der Waals surface area contributed by atoms with Gasteiger partial charge in [0.2, 0.25) is 0 Å². The number of benzene rings is 1. The van der Waals surface area contributed by atoms with Crippen LogP contribution in [0, 0.1) is 17.0 Å². The van der Waals surface area contributed by atoms with E-state index in [1.165, 1.54) is 18.9 Å². The van der Waals surface area contributed by atoms with Gasteiger partial charge in [-0.25, -0.2) is 0 Å². The minimum absolute atomic E-state index is 0.0377. The fourth-order valence-corrected chi connectivity index (χ4v) is 1.74. The maximum Gasteiger partial charge on any atom is 0.310 e. The molecule has 1 aliphatic rings. The van der Waals surface area contributed by atoms with Gasteiger partial charge in [0.1, 0.15) is 0 Å². The highest BCUT2D eigenvalue weighted by Crippen LogP contribution is 2.27. The van der Waals surface area contributed by atoms with Crippen molar-refractivity contribution in [3.05, 3.63) is 33.9 Å². The Bertz CT molecular complexity index is 430. The van der Waals surface area contributed by atoms with E-state index in [-0.39, 0.29) is 5.69 Å². The number of nitrogens with zero attached hydrogens (tertiary/aromatic N) is 1. The van der Waals surface area contributed by atoms with Crippen LogP contribution in [0.25, 0.3) is 0 Å². The molecule has 98 valence electrons. The molecule has 5 nitrogen and oxygen atoms in total. The van der Waals surface area contributed by atoms with Crippen molar-refractivity contribution in [1.29, 1.82) is 0 Å². The number of hydrogen-bond acceptors (Lipinski definition) is 4. The highest BCUT2D eigenvalue weighted by Gasteiger charge is 2.19. The smallest absolute Gasteiger partial charge is 0.310 e. The fraction of sp³-hybridized carbons (Fsp3) is 0.538. The van der Waals surface area contributed by atoms with Gasteiger partial charge < -0.3 is 10.1 Å². The maximum absolute atomic E-state index is 10.8. The number of aryl methyl sites for hydroxylation is 1. The van der Waals surface area contributed by atoms with Gasteiger partial charge in [0.05, 0.1) is 11.5 Å². The van der Waals surface area contributed by atoms with Crippen molar-refractivity contribution in [2.24, 2.45) is 0 Å². The van der Waals surface area contributed by atoms with Crippen molar-refractivity contribution < 1.29 is 9.66 Å². The molecule has 0 heterocycles. The Kier molecular flexibility index (Phi) is 4.15. The van der Waals surface area contributed by atoms with Crippen molar-refractivity contribution in [1.82, 2.24) is 5.32 Å². The standard InChI is InChI=1S/C13H18N2O3/c1-10-3-6-12(15(16)17)13(9-10)18-8-2-7-14-11-4-5-11/h3,6,9,11,14H,2,4-5,7-8H2,1H3. The number of rotatable bonds is 7. The largest absolute Gasteiger partial charge is 0.487 e. The zero-order valence-corrected chi connectivity index (χ0v) is 10.5. The van der Waals surface area contributed by atoms with Gasteiger partial charge >= 0.3 is 5.69 Å². The Morgan fingerprint density at radius 2 is 2.28 bits per heavy atom. The maximum atomic E-state index is 10.8. The lowest BCUT2D eigenvalue weighted by molar-refractivity contribution is -0.385. The molecular weight excluding hydrogens is 232 g/mol. The van der Waals surface area contributed by atoms with E-state index < -0.39 is 4.92 Å². The van der Waals surface area contributed by atoms with Crippen LogP contribution >= 0.6 is 0 Å². The lowest BCUT2D eigenvalue weighted by Gasteiger charge is -2.08. The molecular formula is C13H18N2O3. The Morgan fingerprint density at radius 3 is 2.94 bits per heavy atom. The molecule has 1 N–H and O–H groups in total. The van der Waals surface area contributed by atoms with E-state index in [0.717, 1.165) is 18.5 Å². The molecule has 1 aromatic rings. The van der Waals surface area contributed by atoms with Crippen LogP contribution in [-0.2, 0) is 0 Å². The summed E-state index contributed by atoms with van der Waals surface area (Å²) in [5, 5.41) is 14.2. The molecule has 0 unspecified atom stereocenters. The third-order valence-electron chi connectivity index (χ3n) is 2.90. The second-order valence-corrected chi connectivity index (χ2v) is 4.66. The van der Waals surface area contributed by atoms with E-state index >= 15 is 0 Å². The lowest BCUT2D eigenvalue weighted by Crippen LogP contribution is -2.19.